The van der Waals surface area contributed by atoms with Crippen molar-refractivity contribution in [3.63, 3.8) is 0 Å². The van der Waals surface area contributed by atoms with E-state index in [1.807, 2.05) is 42.5 Å². The molecule has 4 rings (SSSR count). The zero-order chi connectivity index (χ0) is 26.1. The van der Waals surface area contributed by atoms with Crippen LogP contribution in [0.3, 0.4) is 0 Å². The Hall–Kier alpha value is -3.59. The maximum absolute atomic E-state index is 13.4. The number of hydrogen-bond donors (Lipinski definition) is 2. The SMILES string of the molecule is CC(C)(C)c1cc(C(CC(=O)Nc2ccccc2)c2cccc3ccccc23)cc(C(C)(C)C)c1O. The molecule has 0 saturated carbocycles. The van der Waals surface area contributed by atoms with E-state index >= 15 is 0 Å². The number of phenolic OH excluding ortho intramolecular Hbond substituents is 1. The third kappa shape index (κ3) is 5.46. The molecule has 3 nitrogen and oxygen atoms in total. The van der Waals surface area contributed by atoms with Crippen molar-refractivity contribution in [2.45, 2.75) is 64.7 Å². The number of benzene rings is 4. The molecule has 0 aliphatic rings. The van der Waals surface area contributed by atoms with Crippen LogP contribution >= 0.6 is 0 Å². The first-order valence-corrected chi connectivity index (χ1v) is 12.7. The van der Waals surface area contributed by atoms with Gasteiger partial charge in [0.1, 0.15) is 5.75 Å². The highest BCUT2D eigenvalue weighted by molar-refractivity contribution is 5.93. The number of carbonyl (C=O) groups excluding carboxylic acids is 1. The molecule has 0 spiro atoms. The van der Waals surface area contributed by atoms with Crippen LogP contribution in [0.1, 0.15) is 76.1 Å². The molecule has 4 aromatic carbocycles. The minimum atomic E-state index is -0.254. The van der Waals surface area contributed by atoms with E-state index < -0.39 is 0 Å². The normalized spacial score (nSPS) is 12.9. The molecule has 2 N–H and O–H groups in total. The van der Waals surface area contributed by atoms with Gasteiger partial charge in [0.25, 0.3) is 0 Å². The van der Waals surface area contributed by atoms with Crippen molar-refractivity contribution in [1.82, 2.24) is 0 Å². The van der Waals surface area contributed by atoms with Crippen molar-refractivity contribution in [2.75, 3.05) is 5.32 Å². The van der Waals surface area contributed by atoms with E-state index in [2.05, 4.69) is 89.3 Å². The van der Waals surface area contributed by atoms with Crippen LogP contribution in [0.15, 0.2) is 84.9 Å². The van der Waals surface area contributed by atoms with Gasteiger partial charge in [0, 0.05) is 18.0 Å². The molecule has 0 aliphatic heterocycles. The van der Waals surface area contributed by atoms with Crippen LogP contribution in [0.2, 0.25) is 0 Å². The van der Waals surface area contributed by atoms with Crippen LogP contribution in [0, 0.1) is 0 Å². The van der Waals surface area contributed by atoms with Crippen LogP contribution in [-0.2, 0) is 15.6 Å². The second-order valence-electron chi connectivity index (χ2n) is 11.7. The third-order valence-corrected chi connectivity index (χ3v) is 6.80. The number of nitrogens with one attached hydrogen (secondary N) is 1. The van der Waals surface area contributed by atoms with Gasteiger partial charge in [-0.2, -0.15) is 0 Å². The van der Waals surface area contributed by atoms with Crippen molar-refractivity contribution in [3.05, 3.63) is 107 Å². The van der Waals surface area contributed by atoms with E-state index in [0.717, 1.165) is 38.7 Å². The zero-order valence-electron chi connectivity index (χ0n) is 22.2. The molecule has 0 bridgehead atoms. The Morgan fingerprint density at radius 2 is 1.33 bits per heavy atom. The van der Waals surface area contributed by atoms with E-state index in [1.54, 1.807) is 0 Å². The number of carbonyl (C=O) groups is 1. The lowest BCUT2D eigenvalue weighted by Gasteiger charge is -2.30. The highest BCUT2D eigenvalue weighted by Crippen LogP contribution is 2.43. The quantitative estimate of drug-likeness (QED) is 0.302. The molecular weight excluding hydrogens is 442 g/mol. The fourth-order valence-electron chi connectivity index (χ4n) is 4.88. The predicted octanol–water partition coefficient (Wildman–Crippen LogP) is 8.30. The molecule has 0 radical (unpaired) electrons. The van der Waals surface area contributed by atoms with E-state index in [9.17, 15) is 9.90 Å². The fourth-order valence-corrected chi connectivity index (χ4v) is 4.88. The standard InChI is InChI=1S/C33H37NO2/c1-32(2,3)28-19-23(20-29(31(28)36)33(4,5)6)27(21-30(35)34-24-15-8-7-9-16-24)26-18-12-14-22-13-10-11-17-25(22)26/h7-20,27,36H,21H2,1-6H3,(H,34,35). The predicted molar refractivity (Wildman–Crippen MR) is 151 cm³/mol. The Morgan fingerprint density at radius 3 is 1.94 bits per heavy atom. The van der Waals surface area contributed by atoms with E-state index in [-0.39, 0.29) is 22.7 Å². The van der Waals surface area contributed by atoms with E-state index in [1.165, 1.54) is 0 Å². The lowest BCUT2D eigenvalue weighted by atomic mass is 9.75. The molecule has 0 aromatic heterocycles. The summed E-state index contributed by atoms with van der Waals surface area (Å²) in [5.74, 6) is 0.133. The van der Waals surface area contributed by atoms with Crippen molar-refractivity contribution in [2.24, 2.45) is 0 Å². The Kier molecular flexibility index (Phi) is 6.95. The number of amides is 1. The van der Waals surface area contributed by atoms with Crippen LogP contribution in [0.4, 0.5) is 5.69 Å². The van der Waals surface area contributed by atoms with Gasteiger partial charge < -0.3 is 10.4 Å². The number of fused-ring (bicyclic) bond motifs is 1. The summed E-state index contributed by atoms with van der Waals surface area (Å²) in [6, 6.07) is 28.4. The van der Waals surface area contributed by atoms with Crippen LogP contribution in [0.5, 0.6) is 5.75 Å². The molecular formula is C33H37NO2. The molecule has 0 aliphatic carbocycles. The van der Waals surface area contributed by atoms with Crippen molar-refractivity contribution in [1.29, 1.82) is 0 Å². The summed E-state index contributed by atoms with van der Waals surface area (Å²) in [6.45, 7) is 12.7. The summed E-state index contributed by atoms with van der Waals surface area (Å²) < 4.78 is 0. The number of phenols is 1. The highest BCUT2D eigenvalue weighted by atomic mass is 16.3. The van der Waals surface area contributed by atoms with Crippen molar-refractivity contribution in [3.8, 4) is 5.75 Å². The number of aromatic hydroxyl groups is 1. The first-order valence-electron chi connectivity index (χ1n) is 12.7. The topological polar surface area (TPSA) is 49.3 Å². The zero-order valence-corrected chi connectivity index (χ0v) is 22.2. The lowest BCUT2D eigenvalue weighted by molar-refractivity contribution is -0.116. The third-order valence-electron chi connectivity index (χ3n) is 6.80. The number of rotatable bonds is 5. The minimum absolute atomic E-state index is 0.0400. The van der Waals surface area contributed by atoms with Gasteiger partial charge in [-0.3, -0.25) is 4.79 Å². The molecule has 186 valence electrons. The summed E-state index contributed by atoms with van der Waals surface area (Å²) in [4.78, 5) is 13.4. The monoisotopic (exact) mass is 479 g/mol. The summed E-state index contributed by atoms with van der Waals surface area (Å²) in [5, 5.41) is 16.7. The van der Waals surface area contributed by atoms with Crippen LogP contribution in [0.25, 0.3) is 10.8 Å². The van der Waals surface area contributed by atoms with Crippen LogP contribution in [-0.4, -0.2) is 11.0 Å². The maximum Gasteiger partial charge on any atom is 0.225 e. The van der Waals surface area contributed by atoms with Gasteiger partial charge in [-0.05, 0) is 56.0 Å². The van der Waals surface area contributed by atoms with Gasteiger partial charge in [0.2, 0.25) is 5.91 Å². The van der Waals surface area contributed by atoms with Crippen molar-refractivity contribution < 1.29 is 9.90 Å². The smallest absolute Gasteiger partial charge is 0.225 e. The molecule has 3 heteroatoms. The van der Waals surface area contributed by atoms with Gasteiger partial charge >= 0.3 is 0 Å². The first kappa shape index (κ1) is 25.5. The average molecular weight is 480 g/mol. The second-order valence-corrected chi connectivity index (χ2v) is 11.7. The van der Waals surface area contributed by atoms with Gasteiger partial charge in [-0.15, -0.1) is 0 Å². The average Bonchev–Trinajstić information content (AvgIpc) is 2.82. The van der Waals surface area contributed by atoms with Gasteiger partial charge in [-0.25, -0.2) is 0 Å². The van der Waals surface area contributed by atoms with E-state index in [4.69, 9.17) is 0 Å². The molecule has 0 heterocycles. The largest absolute Gasteiger partial charge is 0.507 e. The van der Waals surface area contributed by atoms with Gasteiger partial charge in [-0.1, -0.05) is 114 Å². The Balaban J connectivity index is 1.90. The first-order chi connectivity index (χ1) is 16.9. The van der Waals surface area contributed by atoms with E-state index in [0.29, 0.717) is 12.2 Å². The Morgan fingerprint density at radius 1 is 0.778 bits per heavy atom. The maximum atomic E-state index is 13.4. The second kappa shape index (κ2) is 9.81. The summed E-state index contributed by atoms with van der Waals surface area (Å²) in [5.41, 5.74) is 4.24. The highest BCUT2D eigenvalue weighted by Gasteiger charge is 2.30. The van der Waals surface area contributed by atoms with Crippen LogP contribution < -0.4 is 5.32 Å². The Bertz CT molecular complexity index is 1330. The van der Waals surface area contributed by atoms with Gasteiger partial charge in [0.15, 0.2) is 0 Å². The fraction of sp³-hybridized carbons (Fsp3) is 0.303. The summed E-state index contributed by atoms with van der Waals surface area (Å²) in [7, 11) is 0. The molecule has 0 saturated heterocycles. The molecule has 0 fully saturated rings. The lowest BCUT2D eigenvalue weighted by Crippen LogP contribution is -2.20. The molecule has 1 atom stereocenters. The van der Waals surface area contributed by atoms with Gasteiger partial charge in [0.05, 0.1) is 0 Å². The minimum Gasteiger partial charge on any atom is -0.507 e. The molecule has 36 heavy (non-hydrogen) atoms. The molecule has 1 amide bonds. The molecule has 4 aromatic rings. The summed E-state index contributed by atoms with van der Waals surface area (Å²) >= 11 is 0. The van der Waals surface area contributed by atoms with Crippen molar-refractivity contribution >= 4 is 22.4 Å². The number of hydrogen-bond acceptors (Lipinski definition) is 2. The molecule has 1 unspecified atom stereocenters. The summed E-state index contributed by atoms with van der Waals surface area (Å²) in [6.07, 6.45) is 0.293. The number of anilines is 1. The Labute approximate surface area is 215 Å². The number of para-hydroxylation sites is 1.